The lowest BCUT2D eigenvalue weighted by atomic mass is 9.97. The second-order valence-corrected chi connectivity index (χ2v) is 5.50. The topological polar surface area (TPSA) is 41.6 Å². The highest BCUT2D eigenvalue weighted by molar-refractivity contribution is 5.85. The Labute approximate surface area is 134 Å². The van der Waals surface area contributed by atoms with Crippen molar-refractivity contribution in [2.24, 2.45) is 0 Å². The minimum Gasteiger partial charge on any atom is -0.375 e. The van der Waals surface area contributed by atoms with Crippen LogP contribution in [0.1, 0.15) is 18.1 Å². The number of fused-ring (bicyclic) bond motifs is 1. The van der Waals surface area contributed by atoms with Gasteiger partial charge in [-0.1, -0.05) is 0 Å². The van der Waals surface area contributed by atoms with Crippen LogP contribution in [0.5, 0.6) is 0 Å². The summed E-state index contributed by atoms with van der Waals surface area (Å²) in [7, 11) is 0. The molecule has 1 aromatic carbocycles. The Bertz CT molecular complexity index is 571. The number of rotatable bonds is 1. The van der Waals surface area contributed by atoms with Crippen LogP contribution in [0.3, 0.4) is 0 Å². The van der Waals surface area contributed by atoms with Crippen LogP contribution in [0.4, 0.5) is 8.78 Å². The van der Waals surface area contributed by atoms with Crippen molar-refractivity contribution in [1.82, 2.24) is 10.2 Å². The van der Waals surface area contributed by atoms with Gasteiger partial charge in [-0.05, 0) is 31.0 Å². The lowest BCUT2D eigenvalue weighted by Gasteiger charge is -2.36. The molecule has 0 aliphatic carbocycles. The van der Waals surface area contributed by atoms with Crippen LogP contribution in [0, 0.1) is 11.6 Å². The van der Waals surface area contributed by atoms with E-state index < -0.39 is 17.7 Å². The predicted molar refractivity (Wildman–Crippen MR) is 79.9 cm³/mol. The average molecular weight is 333 g/mol. The maximum Gasteiger partial charge on any atom is 0.242 e. The van der Waals surface area contributed by atoms with E-state index in [1.54, 1.807) is 4.90 Å². The number of amides is 1. The first kappa shape index (κ1) is 17.1. The summed E-state index contributed by atoms with van der Waals surface area (Å²) < 4.78 is 33.0. The fourth-order valence-corrected chi connectivity index (χ4v) is 2.99. The summed E-state index contributed by atoms with van der Waals surface area (Å²) in [4.78, 5) is 14.1. The van der Waals surface area contributed by atoms with Crippen LogP contribution >= 0.6 is 12.4 Å². The molecule has 4 nitrogen and oxygen atoms in total. The van der Waals surface area contributed by atoms with Gasteiger partial charge in [0.1, 0.15) is 17.7 Å². The highest BCUT2D eigenvalue weighted by atomic mass is 35.5. The second-order valence-electron chi connectivity index (χ2n) is 5.50. The van der Waals surface area contributed by atoms with E-state index >= 15 is 0 Å². The first-order chi connectivity index (χ1) is 10.1. The first-order valence-corrected chi connectivity index (χ1v) is 7.17. The number of halogens is 3. The molecule has 0 aromatic heterocycles. The normalized spacial score (nSPS) is 24.4. The van der Waals surface area contributed by atoms with E-state index in [1.807, 2.05) is 6.92 Å². The fraction of sp³-hybridized carbons (Fsp3) is 0.533. The molecule has 1 N–H and O–H groups in total. The molecule has 7 heteroatoms. The molecule has 1 fully saturated rings. The molecular formula is C15H19ClF2N2O2. The molecule has 2 heterocycles. The van der Waals surface area contributed by atoms with Crippen LogP contribution in [0.25, 0.3) is 0 Å². The zero-order chi connectivity index (χ0) is 15.0. The largest absolute Gasteiger partial charge is 0.375 e. The van der Waals surface area contributed by atoms with Crippen LogP contribution < -0.4 is 5.32 Å². The molecule has 22 heavy (non-hydrogen) atoms. The van der Waals surface area contributed by atoms with Crippen molar-refractivity contribution in [3.8, 4) is 0 Å². The third-order valence-electron chi connectivity index (χ3n) is 4.19. The van der Waals surface area contributed by atoms with Gasteiger partial charge < -0.3 is 15.0 Å². The molecule has 1 amide bonds. The van der Waals surface area contributed by atoms with E-state index in [0.717, 1.165) is 12.1 Å². The molecule has 0 unspecified atom stereocenters. The Morgan fingerprint density at radius 2 is 2.00 bits per heavy atom. The third kappa shape index (κ3) is 3.09. The van der Waals surface area contributed by atoms with Gasteiger partial charge in [-0.25, -0.2) is 8.78 Å². The molecule has 3 rings (SSSR count). The van der Waals surface area contributed by atoms with Crippen molar-refractivity contribution in [2.45, 2.75) is 32.0 Å². The van der Waals surface area contributed by atoms with Gasteiger partial charge in [-0.3, -0.25) is 4.79 Å². The average Bonchev–Trinajstić information content (AvgIpc) is 2.50. The van der Waals surface area contributed by atoms with Gasteiger partial charge in [-0.15, -0.1) is 12.4 Å². The van der Waals surface area contributed by atoms with Gasteiger partial charge in [0.05, 0.1) is 12.7 Å². The molecular weight excluding hydrogens is 314 g/mol. The Hall–Kier alpha value is -1.24. The van der Waals surface area contributed by atoms with Crippen LogP contribution in [-0.4, -0.2) is 42.6 Å². The SMILES string of the molecule is C[C@H]1OCCN[C@@H]1C(=O)N1CCc2c(F)ccc(F)c2C1.Cl. The van der Waals surface area contributed by atoms with Crippen molar-refractivity contribution in [3.63, 3.8) is 0 Å². The summed E-state index contributed by atoms with van der Waals surface area (Å²) in [5.74, 6) is -0.965. The predicted octanol–water partition coefficient (Wildman–Crippen LogP) is 1.65. The molecule has 0 bridgehead atoms. The minimum absolute atomic E-state index is 0. The summed E-state index contributed by atoms with van der Waals surface area (Å²) in [5, 5.41) is 3.13. The quantitative estimate of drug-likeness (QED) is 0.850. The maximum absolute atomic E-state index is 13.9. The molecule has 2 aliphatic heterocycles. The Morgan fingerprint density at radius 3 is 2.68 bits per heavy atom. The molecule has 1 aromatic rings. The van der Waals surface area contributed by atoms with Crippen molar-refractivity contribution in [1.29, 1.82) is 0 Å². The summed E-state index contributed by atoms with van der Waals surface area (Å²) in [6, 6.07) is 1.84. The monoisotopic (exact) mass is 332 g/mol. The fourth-order valence-electron chi connectivity index (χ4n) is 2.99. The summed E-state index contributed by atoms with van der Waals surface area (Å²) in [6.45, 7) is 3.55. The highest BCUT2D eigenvalue weighted by Gasteiger charge is 2.34. The number of ether oxygens (including phenoxy) is 1. The first-order valence-electron chi connectivity index (χ1n) is 7.17. The highest BCUT2D eigenvalue weighted by Crippen LogP contribution is 2.25. The van der Waals surface area contributed by atoms with E-state index in [0.29, 0.717) is 37.2 Å². The zero-order valence-corrected chi connectivity index (χ0v) is 13.1. The van der Waals surface area contributed by atoms with E-state index in [2.05, 4.69) is 5.32 Å². The maximum atomic E-state index is 13.9. The second kappa shape index (κ2) is 6.89. The number of carbonyl (C=O) groups is 1. The summed E-state index contributed by atoms with van der Waals surface area (Å²) in [6.07, 6.45) is 0.122. The van der Waals surface area contributed by atoms with Crippen LogP contribution in [0.2, 0.25) is 0 Å². The van der Waals surface area contributed by atoms with Crippen molar-refractivity contribution in [3.05, 3.63) is 34.9 Å². The summed E-state index contributed by atoms with van der Waals surface area (Å²) >= 11 is 0. The van der Waals surface area contributed by atoms with Crippen molar-refractivity contribution in [2.75, 3.05) is 19.7 Å². The van der Waals surface area contributed by atoms with Gasteiger partial charge in [0.2, 0.25) is 5.91 Å². The molecule has 0 radical (unpaired) electrons. The smallest absolute Gasteiger partial charge is 0.242 e. The Morgan fingerprint density at radius 1 is 1.32 bits per heavy atom. The van der Waals surface area contributed by atoms with Crippen LogP contribution in [-0.2, 0) is 22.5 Å². The molecule has 2 atom stereocenters. The number of nitrogens with zero attached hydrogens (tertiary/aromatic N) is 1. The van der Waals surface area contributed by atoms with Gasteiger partial charge in [-0.2, -0.15) is 0 Å². The number of morpholine rings is 1. The molecule has 122 valence electrons. The summed E-state index contributed by atoms with van der Waals surface area (Å²) in [5.41, 5.74) is 0.680. The number of hydrogen-bond donors (Lipinski definition) is 1. The van der Waals surface area contributed by atoms with E-state index in [1.165, 1.54) is 0 Å². The van der Waals surface area contributed by atoms with Gasteiger partial charge in [0.25, 0.3) is 0 Å². The number of benzene rings is 1. The van der Waals surface area contributed by atoms with E-state index in [-0.39, 0.29) is 31.0 Å². The Kier molecular flexibility index (Phi) is 5.36. The molecule has 0 spiro atoms. The van der Waals surface area contributed by atoms with Crippen LogP contribution in [0.15, 0.2) is 12.1 Å². The number of nitrogens with one attached hydrogen (secondary N) is 1. The molecule has 1 saturated heterocycles. The van der Waals surface area contributed by atoms with Gasteiger partial charge in [0.15, 0.2) is 0 Å². The standard InChI is InChI=1S/C15H18F2N2O2.ClH/c1-9-14(18-5-7-21-9)15(20)19-6-4-10-11(8-19)13(17)3-2-12(10)16;/h2-3,9,14,18H,4-8H2,1H3;1H/t9-,14+;/m1./s1. The molecule has 0 saturated carbocycles. The minimum atomic E-state index is -0.454. The lowest BCUT2D eigenvalue weighted by molar-refractivity contribution is -0.140. The van der Waals surface area contributed by atoms with Gasteiger partial charge in [0, 0.05) is 25.2 Å². The number of hydrogen-bond acceptors (Lipinski definition) is 3. The Balaban J connectivity index is 0.00000176. The van der Waals surface area contributed by atoms with Gasteiger partial charge >= 0.3 is 0 Å². The zero-order valence-electron chi connectivity index (χ0n) is 12.3. The number of carbonyl (C=O) groups excluding carboxylic acids is 1. The van der Waals surface area contributed by atoms with E-state index in [9.17, 15) is 13.6 Å². The van der Waals surface area contributed by atoms with Crippen molar-refractivity contribution < 1.29 is 18.3 Å². The third-order valence-corrected chi connectivity index (χ3v) is 4.19. The van der Waals surface area contributed by atoms with Crippen molar-refractivity contribution >= 4 is 18.3 Å². The van der Waals surface area contributed by atoms with E-state index in [4.69, 9.17) is 4.74 Å². The lowest BCUT2D eigenvalue weighted by Crippen LogP contribution is -2.57. The molecule has 2 aliphatic rings.